The number of likely N-dealkylation sites (N-methyl/N-ethyl adjacent to an activating group) is 1. The van der Waals surface area contributed by atoms with Crippen LogP contribution in [0.25, 0.3) is 0 Å². The zero-order valence-electron chi connectivity index (χ0n) is 9.08. The number of hydrogen-bond donors (Lipinski definition) is 2. The number of nitrogens with zero attached hydrogens (tertiary/aromatic N) is 1. The summed E-state index contributed by atoms with van der Waals surface area (Å²) in [6, 6.07) is 0. The molecule has 3 atom stereocenters. The lowest BCUT2D eigenvalue weighted by molar-refractivity contribution is 0.00385. The van der Waals surface area contributed by atoms with Crippen molar-refractivity contribution in [1.82, 2.24) is 4.90 Å². The molecule has 0 spiro atoms. The minimum atomic E-state index is -0.0927. The fourth-order valence-electron chi connectivity index (χ4n) is 3.04. The maximum Gasteiger partial charge on any atom is 0.0544 e. The highest BCUT2D eigenvalue weighted by molar-refractivity contribution is 5.01. The summed E-state index contributed by atoms with van der Waals surface area (Å²) in [6.07, 6.45) is 3.89. The molecule has 2 fully saturated rings. The number of fused-ring (bicyclic) bond motifs is 1. The minimum Gasteiger partial charge on any atom is -0.393 e. The molecule has 3 nitrogen and oxygen atoms in total. The highest BCUT2D eigenvalue weighted by Gasteiger charge is 2.43. The van der Waals surface area contributed by atoms with Gasteiger partial charge in [0, 0.05) is 12.1 Å². The predicted octanol–water partition coefficient (Wildman–Crippen LogP) is 0.570. The normalized spacial score (nSPS) is 44.8. The van der Waals surface area contributed by atoms with Crippen LogP contribution in [0.15, 0.2) is 0 Å². The number of aliphatic hydroxyl groups is 1. The van der Waals surface area contributed by atoms with E-state index in [-0.39, 0.29) is 11.6 Å². The summed E-state index contributed by atoms with van der Waals surface area (Å²) in [5.41, 5.74) is 6.43. The van der Waals surface area contributed by atoms with Gasteiger partial charge in [0.1, 0.15) is 0 Å². The van der Waals surface area contributed by atoms with Gasteiger partial charge in [-0.2, -0.15) is 0 Å². The first kappa shape index (κ1) is 10.4. The third kappa shape index (κ3) is 1.81. The number of piperidine rings is 1. The van der Waals surface area contributed by atoms with Crippen LogP contribution in [0.3, 0.4) is 0 Å². The summed E-state index contributed by atoms with van der Waals surface area (Å²) in [5, 5.41) is 9.62. The Labute approximate surface area is 86.3 Å². The van der Waals surface area contributed by atoms with Crippen molar-refractivity contribution in [3.63, 3.8) is 0 Å². The van der Waals surface area contributed by atoms with E-state index < -0.39 is 0 Å². The van der Waals surface area contributed by atoms with Gasteiger partial charge in [-0.1, -0.05) is 6.92 Å². The highest BCUT2D eigenvalue weighted by Crippen LogP contribution is 2.37. The third-order valence-electron chi connectivity index (χ3n) is 4.07. The standard InChI is InChI=1S/C11H22N2O/c1-2-13-6-4-9-7-10(14)3-5-11(9,12)8-13/h9-10,14H,2-8,12H2,1H3. The number of likely N-dealkylation sites (tertiary alicyclic amines) is 1. The van der Waals surface area contributed by atoms with Crippen LogP contribution in [0.4, 0.5) is 0 Å². The molecule has 3 N–H and O–H groups in total. The lowest BCUT2D eigenvalue weighted by atomic mass is 9.68. The Hall–Kier alpha value is -0.120. The Morgan fingerprint density at radius 1 is 1.50 bits per heavy atom. The first-order valence-corrected chi connectivity index (χ1v) is 5.83. The van der Waals surface area contributed by atoms with Gasteiger partial charge in [0.15, 0.2) is 0 Å². The molecule has 1 aliphatic heterocycles. The lowest BCUT2D eigenvalue weighted by Crippen LogP contribution is -2.62. The Kier molecular flexibility index (Phi) is 2.82. The van der Waals surface area contributed by atoms with E-state index in [1.54, 1.807) is 0 Å². The quantitative estimate of drug-likeness (QED) is 0.647. The van der Waals surface area contributed by atoms with Crippen molar-refractivity contribution in [1.29, 1.82) is 0 Å². The van der Waals surface area contributed by atoms with E-state index in [0.717, 1.165) is 38.9 Å². The zero-order valence-corrected chi connectivity index (χ0v) is 9.08. The van der Waals surface area contributed by atoms with Crippen LogP contribution in [-0.4, -0.2) is 41.3 Å². The highest BCUT2D eigenvalue weighted by atomic mass is 16.3. The molecule has 0 aromatic rings. The minimum absolute atomic E-state index is 0.00646. The molecule has 0 aromatic carbocycles. The molecule has 0 amide bonds. The fraction of sp³-hybridized carbons (Fsp3) is 1.00. The van der Waals surface area contributed by atoms with Crippen LogP contribution in [0, 0.1) is 5.92 Å². The van der Waals surface area contributed by atoms with Crippen LogP contribution < -0.4 is 5.73 Å². The second kappa shape index (κ2) is 3.80. The molecule has 2 aliphatic rings. The van der Waals surface area contributed by atoms with E-state index in [0.29, 0.717) is 5.92 Å². The summed E-state index contributed by atoms with van der Waals surface area (Å²) < 4.78 is 0. The number of rotatable bonds is 1. The van der Waals surface area contributed by atoms with Crippen molar-refractivity contribution < 1.29 is 5.11 Å². The average Bonchev–Trinajstić information content (AvgIpc) is 2.18. The lowest BCUT2D eigenvalue weighted by Gasteiger charge is -2.49. The van der Waals surface area contributed by atoms with Gasteiger partial charge in [-0.15, -0.1) is 0 Å². The largest absolute Gasteiger partial charge is 0.393 e. The van der Waals surface area contributed by atoms with Crippen molar-refractivity contribution in [3.8, 4) is 0 Å². The van der Waals surface area contributed by atoms with E-state index in [1.807, 2.05) is 0 Å². The van der Waals surface area contributed by atoms with Gasteiger partial charge in [-0.25, -0.2) is 0 Å². The van der Waals surface area contributed by atoms with Crippen LogP contribution in [-0.2, 0) is 0 Å². The predicted molar refractivity (Wildman–Crippen MR) is 57.0 cm³/mol. The summed E-state index contributed by atoms with van der Waals surface area (Å²) in [5.74, 6) is 0.550. The first-order valence-electron chi connectivity index (χ1n) is 5.83. The second-order valence-electron chi connectivity index (χ2n) is 5.02. The average molecular weight is 198 g/mol. The van der Waals surface area contributed by atoms with Crippen molar-refractivity contribution >= 4 is 0 Å². The number of nitrogens with two attached hydrogens (primary N) is 1. The van der Waals surface area contributed by atoms with E-state index in [4.69, 9.17) is 5.73 Å². The summed E-state index contributed by atoms with van der Waals surface area (Å²) in [6.45, 7) is 5.49. The Balaban J connectivity index is 2.03. The Morgan fingerprint density at radius 2 is 2.29 bits per heavy atom. The number of aliphatic hydroxyl groups excluding tert-OH is 1. The molecule has 14 heavy (non-hydrogen) atoms. The van der Waals surface area contributed by atoms with Gasteiger partial charge >= 0.3 is 0 Å². The molecule has 1 aliphatic carbocycles. The van der Waals surface area contributed by atoms with Gasteiger partial charge in [0.2, 0.25) is 0 Å². The Morgan fingerprint density at radius 3 is 3.00 bits per heavy atom. The second-order valence-corrected chi connectivity index (χ2v) is 5.02. The molecule has 3 heteroatoms. The summed E-state index contributed by atoms with van der Waals surface area (Å²) in [4.78, 5) is 2.44. The summed E-state index contributed by atoms with van der Waals surface area (Å²) in [7, 11) is 0. The fourth-order valence-corrected chi connectivity index (χ4v) is 3.04. The van der Waals surface area contributed by atoms with E-state index >= 15 is 0 Å². The Bertz CT molecular complexity index is 209. The van der Waals surface area contributed by atoms with E-state index in [9.17, 15) is 5.11 Å². The first-order chi connectivity index (χ1) is 6.64. The molecule has 0 aromatic heterocycles. The van der Waals surface area contributed by atoms with Crippen LogP contribution in [0.2, 0.25) is 0 Å². The zero-order chi connectivity index (χ0) is 10.2. The smallest absolute Gasteiger partial charge is 0.0544 e. The SMILES string of the molecule is CCN1CCC2CC(O)CCC2(N)C1. The topological polar surface area (TPSA) is 49.5 Å². The van der Waals surface area contributed by atoms with E-state index in [1.165, 1.54) is 6.42 Å². The van der Waals surface area contributed by atoms with Crippen LogP contribution >= 0.6 is 0 Å². The van der Waals surface area contributed by atoms with Crippen molar-refractivity contribution in [2.75, 3.05) is 19.6 Å². The molecular formula is C11H22N2O. The molecule has 82 valence electrons. The molecule has 1 heterocycles. The molecular weight excluding hydrogens is 176 g/mol. The van der Waals surface area contributed by atoms with Crippen LogP contribution in [0.5, 0.6) is 0 Å². The molecule has 2 rings (SSSR count). The van der Waals surface area contributed by atoms with Gasteiger partial charge in [0.25, 0.3) is 0 Å². The molecule has 3 unspecified atom stereocenters. The van der Waals surface area contributed by atoms with Gasteiger partial charge < -0.3 is 15.7 Å². The van der Waals surface area contributed by atoms with Gasteiger partial charge in [-0.3, -0.25) is 0 Å². The van der Waals surface area contributed by atoms with Crippen molar-refractivity contribution in [2.24, 2.45) is 11.7 Å². The van der Waals surface area contributed by atoms with Crippen molar-refractivity contribution in [2.45, 2.75) is 44.2 Å². The van der Waals surface area contributed by atoms with Gasteiger partial charge in [-0.05, 0) is 44.7 Å². The van der Waals surface area contributed by atoms with Gasteiger partial charge in [0.05, 0.1) is 6.10 Å². The monoisotopic (exact) mass is 198 g/mol. The molecule has 1 saturated carbocycles. The molecule has 1 saturated heterocycles. The van der Waals surface area contributed by atoms with Crippen molar-refractivity contribution in [3.05, 3.63) is 0 Å². The number of hydrogen-bond acceptors (Lipinski definition) is 3. The maximum atomic E-state index is 9.62. The maximum absolute atomic E-state index is 9.62. The van der Waals surface area contributed by atoms with Crippen LogP contribution in [0.1, 0.15) is 32.6 Å². The molecule has 0 radical (unpaired) electrons. The summed E-state index contributed by atoms with van der Waals surface area (Å²) >= 11 is 0. The third-order valence-corrected chi connectivity index (χ3v) is 4.07. The van der Waals surface area contributed by atoms with E-state index in [2.05, 4.69) is 11.8 Å². The molecule has 0 bridgehead atoms.